The van der Waals surface area contributed by atoms with E-state index in [0.717, 1.165) is 10.6 Å². The van der Waals surface area contributed by atoms with Crippen LogP contribution in [0.4, 0.5) is 5.13 Å². The van der Waals surface area contributed by atoms with Crippen molar-refractivity contribution in [1.29, 1.82) is 0 Å². The van der Waals surface area contributed by atoms with Crippen LogP contribution in [0.25, 0.3) is 11.0 Å². The second-order valence-electron chi connectivity index (χ2n) is 7.87. The number of benzene rings is 2. The van der Waals surface area contributed by atoms with E-state index in [-0.39, 0.29) is 22.3 Å². The Balaban J connectivity index is 1.80. The average Bonchev–Trinajstić information content (AvgIpc) is 3.33. The number of hydrogen-bond donors (Lipinski definition) is 0. The Hall–Kier alpha value is -3.85. The minimum absolute atomic E-state index is 0.00366. The lowest BCUT2D eigenvalue weighted by atomic mass is 9.98. The lowest BCUT2D eigenvalue weighted by molar-refractivity contribution is 0.0971. The molecule has 0 N–H and O–H groups in total. The van der Waals surface area contributed by atoms with Gasteiger partial charge in [-0.15, -0.1) is 11.3 Å². The number of thiazole rings is 1. The molecule has 174 valence electrons. The summed E-state index contributed by atoms with van der Waals surface area (Å²) >= 11 is 1.39. The molecule has 0 aliphatic carbocycles. The standard InChI is InChI=1S/C25H22N2O6S/c1-12-13(2)34-25(26-12)27-21(14-6-9-17(31-4)19(10-14)32-5)20-22(28)16-8-7-15(30-3)11-18(16)33-23(20)24(27)29/h6-11,21H,1-5H3. The summed E-state index contributed by atoms with van der Waals surface area (Å²) in [6, 6.07) is 9.54. The Bertz CT molecular complexity index is 1490. The molecule has 2 aromatic carbocycles. The van der Waals surface area contributed by atoms with E-state index < -0.39 is 11.9 Å². The zero-order valence-corrected chi connectivity index (χ0v) is 20.1. The van der Waals surface area contributed by atoms with Crippen molar-refractivity contribution in [3.05, 3.63) is 74.1 Å². The van der Waals surface area contributed by atoms with Crippen molar-refractivity contribution < 1.29 is 23.4 Å². The minimum atomic E-state index is -0.741. The highest BCUT2D eigenvalue weighted by molar-refractivity contribution is 7.15. The summed E-state index contributed by atoms with van der Waals surface area (Å²) in [7, 11) is 4.62. The largest absolute Gasteiger partial charge is 0.497 e. The Labute approximate surface area is 199 Å². The van der Waals surface area contributed by atoms with Gasteiger partial charge in [-0.05, 0) is 43.7 Å². The van der Waals surface area contributed by atoms with Crippen LogP contribution in [-0.2, 0) is 0 Å². The fraction of sp³-hybridized carbons (Fsp3) is 0.240. The van der Waals surface area contributed by atoms with Gasteiger partial charge in [-0.25, -0.2) is 4.98 Å². The minimum Gasteiger partial charge on any atom is -0.497 e. The third-order valence-corrected chi connectivity index (χ3v) is 7.10. The zero-order chi connectivity index (χ0) is 24.1. The van der Waals surface area contributed by atoms with E-state index in [1.165, 1.54) is 30.5 Å². The van der Waals surface area contributed by atoms with Crippen LogP contribution < -0.4 is 24.5 Å². The second kappa shape index (κ2) is 8.18. The quantitative estimate of drug-likeness (QED) is 0.413. The molecular formula is C25H22N2O6S. The molecule has 3 heterocycles. The Morgan fingerprint density at radius 3 is 2.38 bits per heavy atom. The number of carbonyl (C=O) groups is 1. The van der Waals surface area contributed by atoms with Gasteiger partial charge in [-0.1, -0.05) is 6.07 Å². The molecule has 5 rings (SSSR count). The Morgan fingerprint density at radius 1 is 0.971 bits per heavy atom. The van der Waals surface area contributed by atoms with Crippen molar-refractivity contribution >= 4 is 33.3 Å². The van der Waals surface area contributed by atoms with Crippen molar-refractivity contribution in [2.45, 2.75) is 19.9 Å². The lowest BCUT2D eigenvalue weighted by Gasteiger charge is -2.23. The highest BCUT2D eigenvalue weighted by Gasteiger charge is 2.45. The molecule has 1 aliphatic heterocycles. The number of aryl methyl sites for hydroxylation is 2. The van der Waals surface area contributed by atoms with E-state index in [2.05, 4.69) is 4.98 Å². The van der Waals surface area contributed by atoms with Crippen LogP contribution in [0.15, 0.2) is 45.6 Å². The topological polar surface area (TPSA) is 91.1 Å². The monoisotopic (exact) mass is 478 g/mol. The first kappa shape index (κ1) is 22.0. The molecule has 0 bridgehead atoms. The van der Waals surface area contributed by atoms with Gasteiger partial charge in [0.15, 0.2) is 22.1 Å². The van der Waals surface area contributed by atoms with Gasteiger partial charge in [0, 0.05) is 10.9 Å². The fourth-order valence-corrected chi connectivity index (χ4v) is 5.11. The van der Waals surface area contributed by atoms with Gasteiger partial charge < -0.3 is 18.6 Å². The molecule has 9 heteroatoms. The molecule has 0 fully saturated rings. The molecule has 4 aromatic rings. The third kappa shape index (κ3) is 3.23. The summed E-state index contributed by atoms with van der Waals surface area (Å²) in [5, 5.41) is 0.860. The predicted octanol–water partition coefficient (Wildman–Crippen LogP) is 4.64. The summed E-state index contributed by atoms with van der Waals surface area (Å²) in [5.74, 6) is 1.13. The van der Waals surface area contributed by atoms with E-state index in [0.29, 0.717) is 33.3 Å². The summed E-state index contributed by atoms with van der Waals surface area (Å²) in [6.07, 6.45) is 0. The van der Waals surface area contributed by atoms with Gasteiger partial charge in [0.2, 0.25) is 5.76 Å². The molecule has 0 saturated carbocycles. The van der Waals surface area contributed by atoms with E-state index in [4.69, 9.17) is 18.6 Å². The molecule has 8 nitrogen and oxygen atoms in total. The SMILES string of the molecule is COc1ccc2c(=O)c3c(oc2c1)C(=O)N(c1nc(C)c(C)s1)C3c1ccc(OC)c(OC)c1. The molecule has 1 unspecified atom stereocenters. The number of amides is 1. The van der Waals surface area contributed by atoms with Crippen LogP contribution in [0, 0.1) is 13.8 Å². The van der Waals surface area contributed by atoms with Gasteiger partial charge >= 0.3 is 0 Å². The normalized spacial score (nSPS) is 15.0. The van der Waals surface area contributed by atoms with Gasteiger partial charge in [0.25, 0.3) is 5.91 Å². The van der Waals surface area contributed by atoms with Crippen LogP contribution in [-0.4, -0.2) is 32.2 Å². The Morgan fingerprint density at radius 2 is 1.74 bits per heavy atom. The van der Waals surface area contributed by atoms with E-state index in [1.807, 2.05) is 19.9 Å². The van der Waals surface area contributed by atoms with Crippen LogP contribution in [0.5, 0.6) is 17.2 Å². The molecule has 2 aromatic heterocycles. The van der Waals surface area contributed by atoms with Crippen molar-refractivity contribution in [1.82, 2.24) is 4.98 Å². The highest BCUT2D eigenvalue weighted by atomic mass is 32.1. The number of fused-ring (bicyclic) bond motifs is 2. The maximum absolute atomic E-state index is 13.7. The highest BCUT2D eigenvalue weighted by Crippen LogP contribution is 2.44. The van der Waals surface area contributed by atoms with Crippen LogP contribution >= 0.6 is 11.3 Å². The number of rotatable bonds is 5. The van der Waals surface area contributed by atoms with Crippen LogP contribution in [0.2, 0.25) is 0 Å². The number of anilines is 1. The molecular weight excluding hydrogens is 456 g/mol. The first-order valence-corrected chi connectivity index (χ1v) is 11.3. The third-order valence-electron chi connectivity index (χ3n) is 6.03. The number of aromatic nitrogens is 1. The van der Waals surface area contributed by atoms with Crippen LogP contribution in [0.1, 0.15) is 38.3 Å². The summed E-state index contributed by atoms with van der Waals surface area (Å²) in [4.78, 5) is 34.5. The van der Waals surface area contributed by atoms with Crippen molar-refractivity contribution in [3.8, 4) is 17.2 Å². The number of carbonyl (C=O) groups excluding carboxylic acids is 1. The zero-order valence-electron chi connectivity index (χ0n) is 19.3. The summed E-state index contributed by atoms with van der Waals surface area (Å²) in [5.41, 5.74) is 1.77. The number of ether oxygens (including phenoxy) is 3. The number of methoxy groups -OCH3 is 3. The molecule has 0 saturated heterocycles. The molecule has 1 aliphatic rings. The van der Waals surface area contributed by atoms with Crippen molar-refractivity contribution in [3.63, 3.8) is 0 Å². The molecule has 1 amide bonds. The van der Waals surface area contributed by atoms with Gasteiger partial charge in [-0.3, -0.25) is 14.5 Å². The average molecular weight is 479 g/mol. The van der Waals surface area contributed by atoms with Gasteiger partial charge in [0.1, 0.15) is 11.3 Å². The maximum atomic E-state index is 13.7. The molecule has 34 heavy (non-hydrogen) atoms. The summed E-state index contributed by atoms with van der Waals surface area (Å²) < 4.78 is 22.1. The van der Waals surface area contributed by atoms with E-state index in [1.54, 1.807) is 37.4 Å². The Kier molecular flexibility index (Phi) is 5.28. The van der Waals surface area contributed by atoms with Crippen LogP contribution in [0.3, 0.4) is 0 Å². The number of hydrogen-bond acceptors (Lipinski definition) is 8. The molecule has 0 radical (unpaired) electrons. The maximum Gasteiger partial charge on any atom is 0.297 e. The predicted molar refractivity (Wildman–Crippen MR) is 129 cm³/mol. The van der Waals surface area contributed by atoms with E-state index >= 15 is 0 Å². The first-order chi connectivity index (χ1) is 16.4. The molecule has 1 atom stereocenters. The number of nitrogens with zero attached hydrogens (tertiary/aromatic N) is 2. The summed E-state index contributed by atoms with van der Waals surface area (Å²) in [6.45, 7) is 3.83. The second-order valence-corrected chi connectivity index (χ2v) is 9.05. The first-order valence-electron chi connectivity index (χ1n) is 10.5. The lowest BCUT2D eigenvalue weighted by Crippen LogP contribution is -2.29. The smallest absolute Gasteiger partial charge is 0.297 e. The van der Waals surface area contributed by atoms with Crippen molar-refractivity contribution in [2.75, 3.05) is 26.2 Å². The van der Waals surface area contributed by atoms with Crippen molar-refractivity contribution in [2.24, 2.45) is 0 Å². The van der Waals surface area contributed by atoms with Gasteiger partial charge in [0.05, 0.1) is 44.0 Å². The van der Waals surface area contributed by atoms with Gasteiger partial charge in [-0.2, -0.15) is 0 Å². The molecule has 0 spiro atoms. The fourth-order valence-electron chi connectivity index (χ4n) is 4.17. The van der Waals surface area contributed by atoms with E-state index in [9.17, 15) is 9.59 Å².